The second-order valence-corrected chi connectivity index (χ2v) is 6.14. The van der Waals surface area contributed by atoms with E-state index in [1.54, 1.807) is 6.07 Å². The summed E-state index contributed by atoms with van der Waals surface area (Å²) in [6, 6.07) is 3.07. The zero-order valence-electron chi connectivity index (χ0n) is 11.7. The first-order valence-electron chi connectivity index (χ1n) is 6.36. The maximum absolute atomic E-state index is 12.0. The average molecular weight is 410 g/mol. The number of nitrogens with two attached hydrogens (primary N) is 1. The van der Waals surface area contributed by atoms with Gasteiger partial charge in [0.1, 0.15) is 0 Å². The normalized spacial score (nSPS) is 17.5. The highest BCUT2D eigenvalue weighted by molar-refractivity contribution is 6.44. The van der Waals surface area contributed by atoms with E-state index in [9.17, 15) is 4.79 Å². The van der Waals surface area contributed by atoms with E-state index in [4.69, 9.17) is 40.5 Å². The Hall–Kier alpha value is 0.0600. The lowest BCUT2D eigenvalue weighted by Gasteiger charge is -2.16. The summed E-state index contributed by atoms with van der Waals surface area (Å²) in [6.45, 7) is 2.74. The van der Waals surface area contributed by atoms with Crippen LogP contribution in [-0.4, -0.2) is 37.0 Å². The molecule has 1 aromatic rings. The van der Waals surface area contributed by atoms with Gasteiger partial charge in [0.05, 0.1) is 27.3 Å². The first-order chi connectivity index (χ1) is 9.49. The van der Waals surface area contributed by atoms with Crippen molar-refractivity contribution < 1.29 is 4.79 Å². The van der Waals surface area contributed by atoms with Gasteiger partial charge in [-0.25, -0.2) is 0 Å². The molecular weight excluding hydrogens is 391 g/mol. The topological polar surface area (TPSA) is 58.4 Å². The van der Waals surface area contributed by atoms with Crippen LogP contribution in [0, 0.1) is 5.92 Å². The summed E-state index contributed by atoms with van der Waals surface area (Å²) in [7, 11) is 0. The monoisotopic (exact) mass is 407 g/mol. The van der Waals surface area contributed by atoms with Crippen molar-refractivity contribution in [2.24, 2.45) is 11.7 Å². The van der Waals surface area contributed by atoms with Gasteiger partial charge in [-0.2, -0.15) is 0 Å². The SMILES string of the molecule is Cl.Cl.NCC1CCN(CC(=O)Nc2cc(Cl)c(Cl)cc2Cl)C1. The van der Waals surface area contributed by atoms with Gasteiger partial charge < -0.3 is 11.1 Å². The van der Waals surface area contributed by atoms with E-state index >= 15 is 0 Å². The minimum absolute atomic E-state index is 0. The van der Waals surface area contributed by atoms with Crippen LogP contribution in [0.1, 0.15) is 6.42 Å². The lowest BCUT2D eigenvalue weighted by Crippen LogP contribution is -2.32. The van der Waals surface area contributed by atoms with E-state index < -0.39 is 0 Å². The fourth-order valence-corrected chi connectivity index (χ4v) is 2.85. The maximum Gasteiger partial charge on any atom is 0.238 e. The van der Waals surface area contributed by atoms with Crippen molar-refractivity contribution in [2.75, 3.05) is 31.5 Å². The molecule has 9 heteroatoms. The van der Waals surface area contributed by atoms with Gasteiger partial charge in [0.25, 0.3) is 0 Å². The maximum atomic E-state index is 12.0. The van der Waals surface area contributed by atoms with Crippen molar-refractivity contribution in [3.8, 4) is 0 Å². The lowest BCUT2D eigenvalue weighted by atomic mass is 10.1. The van der Waals surface area contributed by atoms with Crippen molar-refractivity contribution in [3.63, 3.8) is 0 Å². The molecule has 1 saturated heterocycles. The summed E-state index contributed by atoms with van der Waals surface area (Å²) in [5.41, 5.74) is 6.10. The van der Waals surface area contributed by atoms with E-state index in [0.717, 1.165) is 19.5 Å². The Morgan fingerprint density at radius 1 is 1.23 bits per heavy atom. The Morgan fingerprint density at radius 2 is 1.86 bits per heavy atom. The highest BCUT2D eigenvalue weighted by atomic mass is 35.5. The quantitative estimate of drug-likeness (QED) is 0.746. The second-order valence-electron chi connectivity index (χ2n) is 4.92. The Balaban J connectivity index is 0.00000220. The number of amides is 1. The molecule has 0 saturated carbocycles. The molecule has 3 N–H and O–H groups in total. The van der Waals surface area contributed by atoms with Crippen LogP contribution in [0.4, 0.5) is 5.69 Å². The molecule has 4 nitrogen and oxygen atoms in total. The van der Waals surface area contributed by atoms with E-state index in [-0.39, 0.29) is 30.7 Å². The highest BCUT2D eigenvalue weighted by Crippen LogP contribution is 2.32. The molecule has 2 rings (SSSR count). The summed E-state index contributed by atoms with van der Waals surface area (Å²) < 4.78 is 0. The highest BCUT2D eigenvalue weighted by Gasteiger charge is 2.23. The number of nitrogens with one attached hydrogen (secondary N) is 1. The molecule has 0 aromatic heterocycles. The van der Waals surface area contributed by atoms with E-state index in [1.807, 2.05) is 0 Å². The van der Waals surface area contributed by atoms with Crippen LogP contribution in [0.2, 0.25) is 15.1 Å². The van der Waals surface area contributed by atoms with Gasteiger partial charge in [-0.05, 0) is 37.6 Å². The standard InChI is InChI=1S/C13H16Cl3N3O.2ClH/c14-9-3-11(16)12(4-10(9)15)18-13(20)7-19-2-1-8(5-17)6-19;;/h3-4,8H,1-2,5-7,17H2,(H,18,20);2*1H. The Labute approximate surface area is 157 Å². The number of anilines is 1. The first-order valence-corrected chi connectivity index (χ1v) is 7.49. The largest absolute Gasteiger partial charge is 0.330 e. The van der Waals surface area contributed by atoms with E-state index in [0.29, 0.717) is 39.8 Å². The Kier molecular flexibility index (Phi) is 10.1. The predicted octanol–water partition coefficient (Wildman–Crippen LogP) is 3.71. The molecule has 22 heavy (non-hydrogen) atoms. The number of halogens is 5. The van der Waals surface area contributed by atoms with E-state index in [1.165, 1.54) is 6.07 Å². The molecule has 1 amide bonds. The van der Waals surface area contributed by atoms with Crippen LogP contribution in [0.3, 0.4) is 0 Å². The number of carbonyl (C=O) groups is 1. The number of carbonyl (C=O) groups excluding carboxylic acids is 1. The third-order valence-corrected chi connectivity index (χ3v) is 4.39. The molecule has 1 heterocycles. The molecule has 0 bridgehead atoms. The number of benzene rings is 1. The average Bonchev–Trinajstić information content (AvgIpc) is 2.83. The smallest absolute Gasteiger partial charge is 0.238 e. The molecule has 1 atom stereocenters. The van der Waals surface area contributed by atoms with Gasteiger partial charge in [0, 0.05) is 6.54 Å². The van der Waals surface area contributed by atoms with Gasteiger partial charge in [-0.15, -0.1) is 24.8 Å². The third-order valence-electron chi connectivity index (χ3n) is 3.35. The third kappa shape index (κ3) is 5.93. The Bertz CT molecular complexity index is 515. The van der Waals surface area contributed by atoms with Crippen LogP contribution < -0.4 is 11.1 Å². The molecule has 0 spiro atoms. The number of rotatable bonds is 4. The van der Waals surface area contributed by atoms with Crippen molar-refractivity contribution in [2.45, 2.75) is 6.42 Å². The first kappa shape index (κ1) is 22.1. The predicted molar refractivity (Wildman–Crippen MR) is 98.2 cm³/mol. The zero-order valence-corrected chi connectivity index (χ0v) is 15.6. The van der Waals surface area contributed by atoms with Crippen LogP contribution in [0.15, 0.2) is 12.1 Å². The minimum atomic E-state index is -0.122. The molecule has 0 aliphatic carbocycles. The second kappa shape index (κ2) is 10.0. The lowest BCUT2D eigenvalue weighted by molar-refractivity contribution is -0.117. The van der Waals surface area contributed by atoms with Crippen LogP contribution >= 0.6 is 59.6 Å². The summed E-state index contributed by atoms with van der Waals surface area (Å²) in [4.78, 5) is 14.1. The number of hydrogen-bond acceptors (Lipinski definition) is 3. The molecule has 1 unspecified atom stereocenters. The van der Waals surface area contributed by atoms with Crippen molar-refractivity contribution >= 4 is 71.2 Å². The molecule has 126 valence electrons. The van der Waals surface area contributed by atoms with Gasteiger partial charge in [0.2, 0.25) is 5.91 Å². The molecule has 0 radical (unpaired) electrons. The molecule has 1 aromatic carbocycles. The summed E-state index contributed by atoms with van der Waals surface area (Å²) in [5.74, 6) is 0.360. The molecule has 1 fully saturated rings. The van der Waals surface area contributed by atoms with Gasteiger partial charge in [0.15, 0.2) is 0 Å². The number of nitrogens with zero attached hydrogens (tertiary/aromatic N) is 1. The van der Waals surface area contributed by atoms with Gasteiger partial charge >= 0.3 is 0 Å². The summed E-state index contributed by atoms with van der Waals surface area (Å²) >= 11 is 17.8. The van der Waals surface area contributed by atoms with Crippen molar-refractivity contribution in [1.29, 1.82) is 0 Å². The summed E-state index contributed by atoms with van der Waals surface area (Å²) in [5, 5.41) is 3.84. The zero-order chi connectivity index (χ0) is 14.7. The number of likely N-dealkylation sites (tertiary alicyclic amines) is 1. The van der Waals surface area contributed by atoms with Crippen LogP contribution in [0.25, 0.3) is 0 Å². The van der Waals surface area contributed by atoms with Gasteiger partial charge in [-0.1, -0.05) is 34.8 Å². The van der Waals surface area contributed by atoms with E-state index in [2.05, 4.69) is 10.2 Å². The van der Waals surface area contributed by atoms with Crippen LogP contribution in [-0.2, 0) is 4.79 Å². The summed E-state index contributed by atoms with van der Waals surface area (Å²) in [6.07, 6.45) is 1.04. The fourth-order valence-electron chi connectivity index (χ4n) is 2.26. The molecular formula is C13H18Cl5N3O. The minimum Gasteiger partial charge on any atom is -0.330 e. The molecule has 1 aliphatic rings. The van der Waals surface area contributed by atoms with Crippen LogP contribution in [0.5, 0.6) is 0 Å². The Morgan fingerprint density at radius 3 is 2.45 bits per heavy atom. The molecule has 1 aliphatic heterocycles. The fraction of sp³-hybridized carbons (Fsp3) is 0.462. The van der Waals surface area contributed by atoms with Crippen molar-refractivity contribution in [3.05, 3.63) is 27.2 Å². The number of hydrogen-bond donors (Lipinski definition) is 2. The van der Waals surface area contributed by atoms with Crippen molar-refractivity contribution in [1.82, 2.24) is 4.90 Å². The van der Waals surface area contributed by atoms with Gasteiger partial charge in [-0.3, -0.25) is 9.69 Å².